The minimum absolute atomic E-state index is 0.175. The molecule has 0 amide bonds. The number of carboxylic acids is 1. The molecular formula is C8H19NO2Si. The molecule has 0 aromatic carbocycles. The van der Waals surface area contributed by atoms with E-state index < -0.39 is 14.0 Å². The first-order chi connectivity index (χ1) is 5.35. The lowest BCUT2D eigenvalue weighted by Crippen LogP contribution is -2.29. The van der Waals surface area contributed by atoms with Crippen LogP contribution < -0.4 is 5.73 Å². The summed E-state index contributed by atoms with van der Waals surface area (Å²) in [4.78, 5) is 10.4. The Hall–Kier alpha value is -0.353. The van der Waals surface area contributed by atoms with Gasteiger partial charge >= 0.3 is 5.97 Å². The third kappa shape index (κ3) is 6.36. The van der Waals surface area contributed by atoms with Crippen LogP contribution in [0.25, 0.3) is 0 Å². The Kier molecular flexibility index (Phi) is 4.48. The van der Waals surface area contributed by atoms with Gasteiger partial charge in [0.05, 0.1) is 0 Å². The van der Waals surface area contributed by atoms with E-state index in [-0.39, 0.29) is 12.3 Å². The van der Waals surface area contributed by atoms with Crippen LogP contribution in [0.3, 0.4) is 0 Å². The van der Waals surface area contributed by atoms with E-state index in [0.717, 1.165) is 6.04 Å². The zero-order chi connectivity index (χ0) is 9.78. The van der Waals surface area contributed by atoms with Crippen LogP contribution in [0.4, 0.5) is 0 Å². The van der Waals surface area contributed by atoms with Gasteiger partial charge in [0.1, 0.15) is 0 Å². The molecule has 0 aliphatic carbocycles. The Morgan fingerprint density at radius 1 is 1.50 bits per heavy atom. The maximum absolute atomic E-state index is 10.4. The fourth-order valence-electron chi connectivity index (χ4n) is 1.35. The molecule has 0 aromatic rings. The Labute approximate surface area is 75.0 Å². The van der Waals surface area contributed by atoms with Gasteiger partial charge in [-0.05, 0) is 12.5 Å². The van der Waals surface area contributed by atoms with Crippen molar-refractivity contribution >= 4 is 14.0 Å². The second kappa shape index (κ2) is 4.62. The summed E-state index contributed by atoms with van der Waals surface area (Å²) in [6.45, 7) is 7.20. The number of hydrogen-bond donors (Lipinski definition) is 2. The van der Waals surface area contributed by atoms with E-state index >= 15 is 0 Å². The summed E-state index contributed by atoms with van der Waals surface area (Å²) in [6.07, 6.45) is 0.223. The van der Waals surface area contributed by atoms with Crippen LogP contribution in [-0.2, 0) is 4.79 Å². The molecule has 1 atom stereocenters. The largest absolute Gasteiger partial charge is 0.481 e. The van der Waals surface area contributed by atoms with E-state index in [4.69, 9.17) is 10.8 Å². The van der Waals surface area contributed by atoms with Gasteiger partial charge in [0.15, 0.2) is 0 Å². The second-order valence-electron chi connectivity index (χ2n) is 4.46. The van der Waals surface area contributed by atoms with E-state index in [1.54, 1.807) is 0 Å². The van der Waals surface area contributed by atoms with Crippen LogP contribution in [0, 0.1) is 5.92 Å². The summed E-state index contributed by atoms with van der Waals surface area (Å²) >= 11 is 0. The molecule has 0 saturated heterocycles. The molecule has 0 rings (SSSR count). The third-order valence-electron chi connectivity index (χ3n) is 1.70. The molecule has 72 valence electrons. The molecule has 4 heteroatoms. The zero-order valence-electron chi connectivity index (χ0n) is 8.13. The molecular weight excluding hydrogens is 170 g/mol. The second-order valence-corrected chi connectivity index (χ2v) is 9.99. The minimum atomic E-state index is -1.15. The SMILES string of the molecule is C[Si](C)(C)CC(CN)CC(=O)O. The van der Waals surface area contributed by atoms with Gasteiger partial charge in [0.2, 0.25) is 0 Å². The fourth-order valence-corrected chi connectivity index (χ4v) is 3.39. The first-order valence-electron chi connectivity index (χ1n) is 4.27. The number of aliphatic carboxylic acids is 1. The van der Waals surface area contributed by atoms with Gasteiger partial charge in [-0.15, -0.1) is 0 Å². The normalized spacial score (nSPS) is 14.3. The highest BCUT2D eigenvalue weighted by atomic mass is 28.3. The molecule has 0 fully saturated rings. The molecule has 0 aliphatic heterocycles. The lowest BCUT2D eigenvalue weighted by atomic mass is 10.1. The molecule has 0 spiro atoms. The minimum Gasteiger partial charge on any atom is -0.481 e. The van der Waals surface area contributed by atoms with Gasteiger partial charge in [-0.1, -0.05) is 25.7 Å². The van der Waals surface area contributed by atoms with Crippen LogP contribution in [0.2, 0.25) is 25.7 Å². The summed E-state index contributed by atoms with van der Waals surface area (Å²) in [6, 6.07) is 1.01. The standard InChI is InChI=1S/C8H19NO2Si/c1-12(2,3)6-7(5-9)4-8(10)11/h7H,4-6,9H2,1-3H3,(H,10,11). The van der Waals surface area contributed by atoms with Crippen LogP contribution >= 0.6 is 0 Å². The van der Waals surface area contributed by atoms with Gasteiger partial charge < -0.3 is 10.8 Å². The van der Waals surface area contributed by atoms with Crippen molar-refractivity contribution in [3.8, 4) is 0 Å². The highest BCUT2D eigenvalue weighted by Crippen LogP contribution is 2.18. The summed E-state index contributed by atoms with van der Waals surface area (Å²) in [5, 5.41) is 8.57. The maximum atomic E-state index is 10.4. The predicted octanol–water partition coefficient (Wildman–Crippen LogP) is 1.37. The summed E-state index contributed by atoms with van der Waals surface area (Å²) in [5.41, 5.74) is 5.49. The highest BCUT2D eigenvalue weighted by Gasteiger charge is 2.21. The van der Waals surface area contributed by atoms with Crippen molar-refractivity contribution in [2.45, 2.75) is 32.1 Å². The van der Waals surface area contributed by atoms with Crippen molar-refractivity contribution in [1.82, 2.24) is 0 Å². The topological polar surface area (TPSA) is 63.3 Å². The summed E-state index contributed by atoms with van der Waals surface area (Å²) < 4.78 is 0. The Morgan fingerprint density at radius 2 is 2.00 bits per heavy atom. The first kappa shape index (κ1) is 11.6. The van der Waals surface area contributed by atoms with Gasteiger partial charge in [0, 0.05) is 14.5 Å². The Balaban J connectivity index is 3.92. The van der Waals surface area contributed by atoms with E-state index in [1.165, 1.54) is 0 Å². The Morgan fingerprint density at radius 3 is 2.25 bits per heavy atom. The van der Waals surface area contributed by atoms with E-state index in [1.807, 2.05) is 0 Å². The van der Waals surface area contributed by atoms with E-state index in [0.29, 0.717) is 6.54 Å². The van der Waals surface area contributed by atoms with Crippen LogP contribution in [0.1, 0.15) is 6.42 Å². The highest BCUT2D eigenvalue weighted by molar-refractivity contribution is 6.76. The molecule has 0 aromatic heterocycles. The molecule has 3 N–H and O–H groups in total. The molecule has 0 heterocycles. The van der Waals surface area contributed by atoms with Crippen LogP contribution in [-0.4, -0.2) is 25.7 Å². The van der Waals surface area contributed by atoms with E-state index in [2.05, 4.69) is 19.6 Å². The molecule has 0 aliphatic rings. The molecule has 3 nitrogen and oxygen atoms in total. The van der Waals surface area contributed by atoms with Crippen molar-refractivity contribution < 1.29 is 9.90 Å². The lowest BCUT2D eigenvalue weighted by molar-refractivity contribution is -0.137. The number of nitrogens with two attached hydrogens (primary N) is 1. The average Bonchev–Trinajstić information content (AvgIpc) is 1.82. The average molecular weight is 189 g/mol. The van der Waals surface area contributed by atoms with Gasteiger partial charge in [0.25, 0.3) is 0 Å². The quantitative estimate of drug-likeness (QED) is 0.642. The van der Waals surface area contributed by atoms with Gasteiger partial charge in [-0.2, -0.15) is 0 Å². The first-order valence-corrected chi connectivity index (χ1v) is 7.97. The van der Waals surface area contributed by atoms with Crippen LogP contribution in [0.5, 0.6) is 0 Å². The monoisotopic (exact) mass is 189 g/mol. The predicted molar refractivity (Wildman–Crippen MR) is 53.0 cm³/mol. The third-order valence-corrected chi connectivity index (χ3v) is 3.50. The molecule has 0 bridgehead atoms. The van der Waals surface area contributed by atoms with Crippen molar-refractivity contribution in [3.05, 3.63) is 0 Å². The van der Waals surface area contributed by atoms with E-state index in [9.17, 15) is 4.79 Å². The van der Waals surface area contributed by atoms with Gasteiger partial charge in [-0.25, -0.2) is 0 Å². The number of hydrogen-bond acceptors (Lipinski definition) is 2. The molecule has 1 unspecified atom stereocenters. The van der Waals surface area contributed by atoms with Crippen molar-refractivity contribution in [2.24, 2.45) is 11.7 Å². The Bertz CT molecular complexity index is 154. The maximum Gasteiger partial charge on any atom is 0.303 e. The number of carboxylic acid groups (broad SMARTS) is 1. The van der Waals surface area contributed by atoms with Gasteiger partial charge in [-0.3, -0.25) is 4.79 Å². The van der Waals surface area contributed by atoms with Crippen molar-refractivity contribution in [3.63, 3.8) is 0 Å². The van der Waals surface area contributed by atoms with Crippen molar-refractivity contribution in [1.29, 1.82) is 0 Å². The molecule has 0 saturated carbocycles. The number of carbonyl (C=O) groups is 1. The smallest absolute Gasteiger partial charge is 0.303 e. The summed E-state index contributed by atoms with van der Waals surface area (Å²) in [5.74, 6) is -0.558. The fraction of sp³-hybridized carbons (Fsp3) is 0.875. The number of rotatable bonds is 5. The zero-order valence-corrected chi connectivity index (χ0v) is 9.13. The molecule has 0 radical (unpaired) electrons. The molecule has 12 heavy (non-hydrogen) atoms. The van der Waals surface area contributed by atoms with Crippen LogP contribution in [0.15, 0.2) is 0 Å². The van der Waals surface area contributed by atoms with Crippen molar-refractivity contribution in [2.75, 3.05) is 6.54 Å². The summed E-state index contributed by atoms with van der Waals surface area (Å²) in [7, 11) is -1.15. The lowest BCUT2D eigenvalue weighted by Gasteiger charge is -2.21.